The number of aromatic nitrogens is 1. The van der Waals surface area contributed by atoms with Gasteiger partial charge in [-0.1, -0.05) is 37.5 Å². The van der Waals surface area contributed by atoms with Crippen molar-refractivity contribution >= 4 is 10.9 Å². The molecule has 0 radical (unpaired) electrons. The molecule has 2 nitrogen and oxygen atoms in total. The molecule has 0 amide bonds. The van der Waals surface area contributed by atoms with Gasteiger partial charge in [-0.05, 0) is 37.5 Å². The Hall–Kier alpha value is -1.41. The maximum Gasteiger partial charge on any atom is 0.0708 e. The molecule has 0 spiro atoms. The minimum absolute atomic E-state index is 0.147. The lowest BCUT2D eigenvalue weighted by Crippen LogP contribution is -2.38. The largest absolute Gasteiger partial charge is 0.321 e. The van der Waals surface area contributed by atoms with Crippen LogP contribution < -0.4 is 5.73 Å². The molecule has 18 heavy (non-hydrogen) atoms. The van der Waals surface area contributed by atoms with Crippen molar-refractivity contribution < 1.29 is 0 Å². The van der Waals surface area contributed by atoms with Gasteiger partial charge in [0.15, 0.2) is 0 Å². The Morgan fingerprint density at radius 1 is 1.11 bits per heavy atom. The van der Waals surface area contributed by atoms with Crippen LogP contribution in [-0.2, 0) is 5.54 Å². The van der Waals surface area contributed by atoms with E-state index in [0.717, 1.165) is 24.1 Å². The molecule has 1 aromatic heterocycles. The monoisotopic (exact) mass is 240 g/mol. The number of rotatable bonds is 1. The fourth-order valence-corrected chi connectivity index (χ4v) is 3.17. The third-order valence-corrected chi connectivity index (χ3v) is 4.13. The molecule has 0 unspecified atom stereocenters. The number of benzene rings is 1. The second-order valence-corrected chi connectivity index (χ2v) is 5.55. The van der Waals surface area contributed by atoms with Crippen LogP contribution in [-0.4, -0.2) is 4.98 Å². The second-order valence-electron chi connectivity index (χ2n) is 5.55. The van der Waals surface area contributed by atoms with Crippen molar-refractivity contribution in [3.05, 3.63) is 41.6 Å². The van der Waals surface area contributed by atoms with Crippen molar-refractivity contribution in [1.29, 1.82) is 0 Å². The zero-order valence-corrected chi connectivity index (χ0v) is 10.9. The third-order valence-electron chi connectivity index (χ3n) is 4.13. The van der Waals surface area contributed by atoms with Gasteiger partial charge in [-0.25, -0.2) is 0 Å². The first-order valence-corrected chi connectivity index (χ1v) is 6.85. The number of nitrogens with two attached hydrogens (primary N) is 1. The highest BCUT2D eigenvalue weighted by Crippen LogP contribution is 2.38. The van der Waals surface area contributed by atoms with Crippen LogP contribution in [0.3, 0.4) is 0 Å². The number of hydrogen-bond donors (Lipinski definition) is 1. The Morgan fingerprint density at radius 2 is 1.83 bits per heavy atom. The van der Waals surface area contributed by atoms with Crippen molar-refractivity contribution in [2.45, 2.75) is 44.6 Å². The predicted molar refractivity (Wildman–Crippen MR) is 75.4 cm³/mol. The highest BCUT2D eigenvalue weighted by atomic mass is 14.8. The summed E-state index contributed by atoms with van der Waals surface area (Å²) in [6, 6.07) is 10.5. The molecule has 0 atom stereocenters. The molecular weight excluding hydrogens is 220 g/mol. The van der Waals surface area contributed by atoms with Crippen LogP contribution in [0, 0.1) is 6.92 Å². The molecule has 0 bridgehead atoms. The van der Waals surface area contributed by atoms with Crippen LogP contribution in [0.15, 0.2) is 30.3 Å². The highest BCUT2D eigenvalue weighted by molar-refractivity contribution is 5.83. The van der Waals surface area contributed by atoms with Crippen molar-refractivity contribution in [2.75, 3.05) is 0 Å². The Morgan fingerprint density at radius 3 is 2.61 bits per heavy atom. The van der Waals surface area contributed by atoms with Gasteiger partial charge in [0.1, 0.15) is 0 Å². The fourth-order valence-electron chi connectivity index (χ4n) is 3.17. The number of hydrogen-bond acceptors (Lipinski definition) is 2. The fraction of sp³-hybridized carbons (Fsp3) is 0.438. The van der Waals surface area contributed by atoms with Gasteiger partial charge in [0, 0.05) is 16.6 Å². The van der Waals surface area contributed by atoms with Gasteiger partial charge >= 0.3 is 0 Å². The Bertz CT molecular complexity index is 568. The van der Waals surface area contributed by atoms with Crippen LogP contribution >= 0.6 is 0 Å². The van der Waals surface area contributed by atoms with Crippen LogP contribution in [0.25, 0.3) is 10.9 Å². The molecule has 1 heterocycles. The summed E-state index contributed by atoms with van der Waals surface area (Å²) in [6.07, 6.45) is 6.00. The number of aryl methyl sites for hydroxylation is 1. The van der Waals surface area contributed by atoms with E-state index in [9.17, 15) is 0 Å². The summed E-state index contributed by atoms with van der Waals surface area (Å²) in [6.45, 7) is 2.06. The molecule has 2 heteroatoms. The zero-order chi connectivity index (χ0) is 12.6. The quantitative estimate of drug-likeness (QED) is 0.826. The van der Waals surface area contributed by atoms with Crippen molar-refractivity contribution in [3.8, 4) is 0 Å². The lowest BCUT2D eigenvalue weighted by molar-refractivity contribution is 0.304. The van der Waals surface area contributed by atoms with Crippen LogP contribution in [0.2, 0.25) is 0 Å². The molecule has 1 aliphatic carbocycles. The minimum Gasteiger partial charge on any atom is -0.321 e. The first kappa shape index (κ1) is 11.7. The Balaban J connectivity index is 2.21. The van der Waals surface area contributed by atoms with E-state index in [1.165, 1.54) is 30.2 Å². The lowest BCUT2D eigenvalue weighted by Gasteiger charge is -2.35. The topological polar surface area (TPSA) is 38.9 Å². The molecule has 94 valence electrons. The summed E-state index contributed by atoms with van der Waals surface area (Å²) in [5.74, 6) is 0. The van der Waals surface area contributed by atoms with E-state index < -0.39 is 0 Å². The van der Waals surface area contributed by atoms with E-state index >= 15 is 0 Å². The first-order valence-electron chi connectivity index (χ1n) is 6.85. The molecule has 1 fully saturated rings. The molecule has 0 aliphatic heterocycles. The normalized spacial score (nSPS) is 19.0. The maximum absolute atomic E-state index is 6.69. The van der Waals surface area contributed by atoms with Gasteiger partial charge < -0.3 is 5.73 Å². The predicted octanol–water partition coefficient (Wildman–Crippen LogP) is 3.66. The average Bonchev–Trinajstić information content (AvgIpc) is 2.38. The van der Waals surface area contributed by atoms with E-state index in [4.69, 9.17) is 5.73 Å². The van der Waals surface area contributed by atoms with Crippen molar-refractivity contribution in [1.82, 2.24) is 4.98 Å². The lowest BCUT2D eigenvalue weighted by atomic mass is 9.76. The second kappa shape index (κ2) is 4.36. The smallest absolute Gasteiger partial charge is 0.0708 e. The maximum atomic E-state index is 6.69. The van der Waals surface area contributed by atoms with Gasteiger partial charge in [-0.3, -0.25) is 4.98 Å². The van der Waals surface area contributed by atoms with E-state index in [1.807, 2.05) is 6.07 Å². The van der Waals surface area contributed by atoms with Gasteiger partial charge in [0.2, 0.25) is 0 Å². The summed E-state index contributed by atoms with van der Waals surface area (Å²) >= 11 is 0. The zero-order valence-electron chi connectivity index (χ0n) is 10.9. The Labute approximate surface area is 108 Å². The van der Waals surface area contributed by atoms with Gasteiger partial charge in [-0.15, -0.1) is 0 Å². The summed E-state index contributed by atoms with van der Waals surface area (Å²) in [5.41, 5.74) is 9.98. The summed E-state index contributed by atoms with van der Waals surface area (Å²) < 4.78 is 0. The molecule has 2 aromatic rings. The number of para-hydroxylation sites is 1. The van der Waals surface area contributed by atoms with Gasteiger partial charge in [0.05, 0.1) is 5.52 Å². The van der Waals surface area contributed by atoms with Gasteiger partial charge in [0.25, 0.3) is 0 Å². The van der Waals surface area contributed by atoms with E-state index in [1.54, 1.807) is 0 Å². The molecular formula is C16H20N2. The van der Waals surface area contributed by atoms with E-state index in [2.05, 4.69) is 36.2 Å². The molecule has 0 saturated heterocycles. The summed E-state index contributed by atoms with van der Waals surface area (Å²) in [5, 5.41) is 1.23. The molecule has 2 N–H and O–H groups in total. The van der Waals surface area contributed by atoms with Crippen LogP contribution in [0.5, 0.6) is 0 Å². The third kappa shape index (κ3) is 1.91. The van der Waals surface area contributed by atoms with Crippen LogP contribution in [0.4, 0.5) is 0 Å². The summed E-state index contributed by atoms with van der Waals surface area (Å²) in [4.78, 5) is 4.61. The number of pyridine rings is 1. The first-order chi connectivity index (χ1) is 8.69. The van der Waals surface area contributed by atoms with Crippen molar-refractivity contribution in [3.63, 3.8) is 0 Å². The van der Waals surface area contributed by atoms with E-state index in [0.29, 0.717) is 0 Å². The average molecular weight is 240 g/mol. The standard InChI is InChI=1S/C16H20N2/c1-12-11-14(16(17)9-5-2-6-10-16)13-7-3-4-8-15(13)18-12/h3-4,7-8,11H,2,5-6,9-10,17H2,1H3. The van der Waals surface area contributed by atoms with E-state index in [-0.39, 0.29) is 5.54 Å². The molecule has 3 rings (SSSR count). The molecule has 1 saturated carbocycles. The minimum atomic E-state index is -0.147. The van der Waals surface area contributed by atoms with Gasteiger partial charge in [-0.2, -0.15) is 0 Å². The highest BCUT2D eigenvalue weighted by Gasteiger charge is 2.31. The number of nitrogens with zero attached hydrogens (tertiary/aromatic N) is 1. The van der Waals surface area contributed by atoms with Crippen LogP contribution in [0.1, 0.15) is 43.4 Å². The molecule has 1 aromatic carbocycles. The molecule has 1 aliphatic rings. The number of fused-ring (bicyclic) bond motifs is 1. The SMILES string of the molecule is Cc1cc(C2(N)CCCCC2)c2ccccc2n1. The van der Waals surface area contributed by atoms with Crippen molar-refractivity contribution in [2.24, 2.45) is 5.73 Å². The Kier molecular flexibility index (Phi) is 2.83. The summed E-state index contributed by atoms with van der Waals surface area (Å²) in [7, 11) is 0.